The van der Waals surface area contributed by atoms with Crippen LogP contribution in [0.4, 0.5) is 0 Å². The lowest BCUT2D eigenvalue weighted by Gasteiger charge is -2.31. The van der Waals surface area contributed by atoms with Crippen LogP contribution in [0.3, 0.4) is 0 Å². The Labute approximate surface area is 150 Å². The maximum absolute atomic E-state index is 12.4. The Balaban J connectivity index is 1.50. The molecule has 0 spiro atoms. The summed E-state index contributed by atoms with van der Waals surface area (Å²) < 4.78 is 0. The standard InChI is InChI=1S/C20H30N2O3/c23-14-16-9-11-22(12-10-16)13-15-5-7-17(8-6-15)20(25)21-18-3-1-2-4-19(18)24/h5-8,16,18-19,23-24H,1-4,9-14H2,(H,21,25)/t18-,19+/m1/s1. The summed E-state index contributed by atoms with van der Waals surface area (Å²) in [7, 11) is 0. The average Bonchev–Trinajstić information content (AvgIpc) is 2.65. The van der Waals surface area contributed by atoms with Crippen LogP contribution < -0.4 is 5.32 Å². The van der Waals surface area contributed by atoms with Gasteiger partial charge in [0, 0.05) is 18.7 Å². The second-order valence-electron chi connectivity index (χ2n) is 7.53. The quantitative estimate of drug-likeness (QED) is 0.762. The van der Waals surface area contributed by atoms with E-state index in [2.05, 4.69) is 10.2 Å². The molecule has 1 aromatic rings. The van der Waals surface area contributed by atoms with Gasteiger partial charge in [-0.2, -0.15) is 0 Å². The number of piperidine rings is 1. The average molecular weight is 346 g/mol. The number of hydrogen-bond donors (Lipinski definition) is 3. The molecule has 138 valence electrons. The second-order valence-corrected chi connectivity index (χ2v) is 7.53. The van der Waals surface area contributed by atoms with Gasteiger partial charge in [0.25, 0.3) is 5.91 Å². The summed E-state index contributed by atoms with van der Waals surface area (Å²) in [6.07, 6.45) is 5.43. The van der Waals surface area contributed by atoms with Gasteiger partial charge < -0.3 is 15.5 Å². The van der Waals surface area contributed by atoms with Crippen molar-refractivity contribution < 1.29 is 15.0 Å². The number of amides is 1. The zero-order valence-corrected chi connectivity index (χ0v) is 14.9. The van der Waals surface area contributed by atoms with E-state index in [1.165, 1.54) is 5.56 Å². The van der Waals surface area contributed by atoms with Crippen LogP contribution in [0.1, 0.15) is 54.4 Å². The minimum absolute atomic E-state index is 0.0961. The van der Waals surface area contributed by atoms with Gasteiger partial charge in [0.15, 0.2) is 0 Å². The highest BCUT2D eigenvalue weighted by molar-refractivity contribution is 5.94. The molecule has 1 aliphatic heterocycles. The molecule has 1 heterocycles. The summed E-state index contributed by atoms with van der Waals surface area (Å²) in [5.74, 6) is 0.360. The van der Waals surface area contributed by atoms with Crippen molar-refractivity contribution in [1.29, 1.82) is 0 Å². The molecule has 0 aromatic heterocycles. The van der Waals surface area contributed by atoms with Crippen LogP contribution in [0, 0.1) is 5.92 Å². The number of carbonyl (C=O) groups excluding carboxylic acids is 1. The third-order valence-electron chi connectivity index (χ3n) is 5.63. The molecular formula is C20H30N2O3. The molecule has 1 saturated heterocycles. The molecule has 3 rings (SSSR count). The molecule has 3 N–H and O–H groups in total. The van der Waals surface area contributed by atoms with Crippen LogP contribution in [-0.2, 0) is 6.54 Å². The summed E-state index contributed by atoms with van der Waals surface area (Å²) in [5.41, 5.74) is 1.86. The molecule has 1 aromatic carbocycles. The number of benzene rings is 1. The smallest absolute Gasteiger partial charge is 0.251 e. The maximum atomic E-state index is 12.4. The van der Waals surface area contributed by atoms with Gasteiger partial charge >= 0.3 is 0 Å². The molecule has 2 aliphatic rings. The van der Waals surface area contributed by atoms with E-state index in [-0.39, 0.29) is 11.9 Å². The van der Waals surface area contributed by atoms with E-state index in [1.807, 2.05) is 24.3 Å². The van der Waals surface area contributed by atoms with Gasteiger partial charge in [-0.25, -0.2) is 0 Å². The molecule has 25 heavy (non-hydrogen) atoms. The predicted molar refractivity (Wildman–Crippen MR) is 97.3 cm³/mol. The number of nitrogens with one attached hydrogen (secondary N) is 1. The fraction of sp³-hybridized carbons (Fsp3) is 0.650. The van der Waals surface area contributed by atoms with Crippen molar-refractivity contribution in [2.75, 3.05) is 19.7 Å². The van der Waals surface area contributed by atoms with Crippen molar-refractivity contribution in [2.45, 2.75) is 57.2 Å². The lowest BCUT2D eigenvalue weighted by atomic mass is 9.92. The molecular weight excluding hydrogens is 316 g/mol. The van der Waals surface area contributed by atoms with Gasteiger partial charge in [-0.05, 0) is 62.4 Å². The van der Waals surface area contributed by atoms with Crippen LogP contribution in [0.25, 0.3) is 0 Å². The van der Waals surface area contributed by atoms with Gasteiger partial charge in [0.1, 0.15) is 0 Å². The number of rotatable bonds is 5. The Hall–Kier alpha value is -1.43. The van der Waals surface area contributed by atoms with E-state index in [1.54, 1.807) is 0 Å². The number of aliphatic hydroxyl groups is 2. The minimum Gasteiger partial charge on any atom is -0.396 e. The molecule has 1 saturated carbocycles. The first-order valence-electron chi connectivity index (χ1n) is 9.57. The topological polar surface area (TPSA) is 72.8 Å². The highest BCUT2D eigenvalue weighted by atomic mass is 16.3. The van der Waals surface area contributed by atoms with Crippen molar-refractivity contribution in [2.24, 2.45) is 5.92 Å². The van der Waals surface area contributed by atoms with E-state index in [0.29, 0.717) is 18.1 Å². The van der Waals surface area contributed by atoms with Gasteiger partial charge in [-0.1, -0.05) is 25.0 Å². The second kappa shape index (κ2) is 8.79. The molecule has 5 nitrogen and oxygen atoms in total. The molecule has 5 heteroatoms. The third kappa shape index (κ3) is 5.03. The Bertz CT molecular complexity index is 553. The first kappa shape index (κ1) is 18.4. The van der Waals surface area contributed by atoms with Crippen molar-refractivity contribution in [3.63, 3.8) is 0 Å². The van der Waals surface area contributed by atoms with E-state index in [4.69, 9.17) is 0 Å². The molecule has 1 amide bonds. The van der Waals surface area contributed by atoms with Crippen LogP contribution in [0.15, 0.2) is 24.3 Å². The third-order valence-corrected chi connectivity index (χ3v) is 5.63. The Morgan fingerprint density at radius 1 is 1.08 bits per heavy atom. The van der Waals surface area contributed by atoms with Gasteiger partial charge in [0.05, 0.1) is 12.1 Å². The molecule has 2 fully saturated rings. The Kier molecular flexibility index (Phi) is 6.45. The fourth-order valence-corrected chi connectivity index (χ4v) is 3.88. The lowest BCUT2D eigenvalue weighted by Crippen LogP contribution is -2.45. The number of hydrogen-bond acceptors (Lipinski definition) is 4. The number of nitrogens with zero attached hydrogens (tertiary/aromatic N) is 1. The van der Waals surface area contributed by atoms with Crippen LogP contribution in [0.2, 0.25) is 0 Å². The summed E-state index contributed by atoms with van der Waals surface area (Å²) in [6, 6.07) is 7.67. The Morgan fingerprint density at radius 2 is 1.76 bits per heavy atom. The van der Waals surface area contributed by atoms with Crippen molar-refractivity contribution >= 4 is 5.91 Å². The summed E-state index contributed by atoms with van der Waals surface area (Å²) in [5, 5.41) is 22.2. The zero-order valence-electron chi connectivity index (χ0n) is 14.9. The van der Waals surface area contributed by atoms with Gasteiger partial charge in [0.2, 0.25) is 0 Å². The summed E-state index contributed by atoms with van der Waals surface area (Å²) in [6.45, 7) is 3.23. The predicted octanol–water partition coefficient (Wildman–Crippen LogP) is 1.92. The fourth-order valence-electron chi connectivity index (χ4n) is 3.88. The van der Waals surface area contributed by atoms with E-state index in [9.17, 15) is 15.0 Å². The Morgan fingerprint density at radius 3 is 2.40 bits per heavy atom. The molecule has 1 aliphatic carbocycles. The largest absolute Gasteiger partial charge is 0.396 e. The highest BCUT2D eigenvalue weighted by Crippen LogP contribution is 2.20. The van der Waals surface area contributed by atoms with Crippen LogP contribution >= 0.6 is 0 Å². The number of carbonyl (C=O) groups is 1. The first-order valence-corrected chi connectivity index (χ1v) is 9.57. The van der Waals surface area contributed by atoms with Crippen molar-refractivity contribution in [1.82, 2.24) is 10.2 Å². The first-order chi connectivity index (χ1) is 12.2. The van der Waals surface area contributed by atoms with Gasteiger partial charge in [-0.3, -0.25) is 9.69 Å². The lowest BCUT2D eigenvalue weighted by molar-refractivity contribution is 0.0717. The molecule has 2 atom stereocenters. The van der Waals surface area contributed by atoms with Crippen molar-refractivity contribution in [3.8, 4) is 0 Å². The van der Waals surface area contributed by atoms with Crippen LogP contribution in [-0.4, -0.2) is 52.9 Å². The van der Waals surface area contributed by atoms with Crippen LogP contribution in [0.5, 0.6) is 0 Å². The number of likely N-dealkylation sites (tertiary alicyclic amines) is 1. The maximum Gasteiger partial charge on any atom is 0.251 e. The van der Waals surface area contributed by atoms with E-state index in [0.717, 1.165) is 58.2 Å². The summed E-state index contributed by atoms with van der Waals surface area (Å²) >= 11 is 0. The summed E-state index contributed by atoms with van der Waals surface area (Å²) in [4.78, 5) is 14.8. The van der Waals surface area contributed by atoms with E-state index >= 15 is 0 Å². The van der Waals surface area contributed by atoms with Gasteiger partial charge in [-0.15, -0.1) is 0 Å². The zero-order chi connectivity index (χ0) is 17.6. The SMILES string of the molecule is O=C(N[C@@H]1CCCC[C@@H]1O)c1ccc(CN2CCC(CO)CC2)cc1. The normalized spacial score (nSPS) is 25.7. The monoisotopic (exact) mass is 346 g/mol. The van der Waals surface area contributed by atoms with E-state index < -0.39 is 6.10 Å². The highest BCUT2D eigenvalue weighted by Gasteiger charge is 2.25. The molecule has 0 unspecified atom stereocenters. The molecule has 0 bridgehead atoms. The molecule has 0 radical (unpaired) electrons. The van der Waals surface area contributed by atoms with Crippen molar-refractivity contribution in [3.05, 3.63) is 35.4 Å². The number of aliphatic hydroxyl groups excluding tert-OH is 2. The minimum atomic E-state index is -0.418.